The smallest absolute Gasteiger partial charge is 0.128 e. The number of ether oxygens (including phenoxy) is 1. The Morgan fingerprint density at radius 2 is 2.23 bits per heavy atom. The summed E-state index contributed by atoms with van der Waals surface area (Å²) in [5.74, 6) is 0.715. The molecule has 0 aromatic heterocycles. The van der Waals surface area contributed by atoms with Gasteiger partial charge in [0.2, 0.25) is 0 Å². The van der Waals surface area contributed by atoms with Crippen molar-refractivity contribution < 1.29 is 9.94 Å². The van der Waals surface area contributed by atoms with E-state index in [0.29, 0.717) is 18.1 Å². The number of hydrogen-bond acceptors (Lipinski definition) is 3. The number of halogens is 1. The maximum absolute atomic E-state index is 8.76. The highest BCUT2D eigenvalue weighted by molar-refractivity contribution is 6.36. The van der Waals surface area contributed by atoms with Gasteiger partial charge in [-0.05, 0) is 12.1 Å². The van der Waals surface area contributed by atoms with Gasteiger partial charge < -0.3 is 9.94 Å². The summed E-state index contributed by atoms with van der Waals surface area (Å²) in [7, 11) is 0. The monoisotopic (exact) mass is 197 g/mol. The second kappa shape index (κ2) is 3.26. The van der Waals surface area contributed by atoms with E-state index in [1.165, 1.54) is 0 Å². The standard InChI is InChI=1S/C9H8ClNO2/c10-7-5-13-8-4-2-1-3-6(8)9(7)11-12/h1-4,7,12H,5H2/b11-9-. The Morgan fingerprint density at radius 3 is 3.00 bits per heavy atom. The molecule has 0 aliphatic carbocycles. The zero-order valence-corrected chi connectivity index (χ0v) is 7.53. The minimum absolute atomic E-state index is 0.345. The highest BCUT2D eigenvalue weighted by Gasteiger charge is 2.25. The molecule has 1 aliphatic rings. The van der Waals surface area contributed by atoms with Crippen LogP contribution in [-0.2, 0) is 0 Å². The lowest BCUT2D eigenvalue weighted by molar-refractivity contribution is 0.299. The fourth-order valence-corrected chi connectivity index (χ4v) is 1.56. The van der Waals surface area contributed by atoms with E-state index < -0.39 is 0 Å². The third-order valence-electron chi connectivity index (χ3n) is 1.95. The maximum Gasteiger partial charge on any atom is 0.128 e. The van der Waals surface area contributed by atoms with Crippen molar-refractivity contribution in [3.63, 3.8) is 0 Å². The maximum atomic E-state index is 8.76. The molecule has 68 valence electrons. The molecule has 0 fully saturated rings. The van der Waals surface area contributed by atoms with Crippen molar-refractivity contribution in [2.24, 2.45) is 5.16 Å². The Kier molecular flexibility index (Phi) is 2.10. The molecule has 0 saturated carbocycles. The van der Waals surface area contributed by atoms with E-state index >= 15 is 0 Å². The lowest BCUT2D eigenvalue weighted by atomic mass is 10.0. The third-order valence-corrected chi connectivity index (χ3v) is 2.29. The van der Waals surface area contributed by atoms with Gasteiger partial charge in [-0.25, -0.2) is 0 Å². The lowest BCUT2D eigenvalue weighted by Crippen LogP contribution is -2.29. The van der Waals surface area contributed by atoms with Gasteiger partial charge in [-0.15, -0.1) is 11.6 Å². The molecule has 0 amide bonds. The van der Waals surface area contributed by atoms with Crippen LogP contribution in [0, 0.1) is 0 Å². The lowest BCUT2D eigenvalue weighted by Gasteiger charge is -2.21. The topological polar surface area (TPSA) is 41.8 Å². The average Bonchev–Trinajstić information content (AvgIpc) is 2.18. The number of oxime groups is 1. The van der Waals surface area contributed by atoms with Crippen LogP contribution in [-0.4, -0.2) is 22.9 Å². The number of fused-ring (bicyclic) bond motifs is 1. The first kappa shape index (κ1) is 8.38. The molecule has 2 rings (SSSR count). The SMILES string of the molecule is O/N=C1/c2ccccc2OCC1Cl. The number of nitrogens with zero attached hydrogens (tertiary/aromatic N) is 1. The van der Waals surface area contributed by atoms with Crippen LogP contribution in [0.2, 0.25) is 0 Å². The van der Waals surface area contributed by atoms with Gasteiger partial charge in [0.05, 0.1) is 0 Å². The molecule has 1 aromatic rings. The number of para-hydroxylation sites is 1. The Morgan fingerprint density at radius 1 is 1.46 bits per heavy atom. The number of hydrogen-bond donors (Lipinski definition) is 1. The predicted molar refractivity (Wildman–Crippen MR) is 49.9 cm³/mol. The molecule has 0 bridgehead atoms. The molecule has 1 heterocycles. The van der Waals surface area contributed by atoms with Crippen LogP contribution in [0.25, 0.3) is 0 Å². The summed E-state index contributed by atoms with van der Waals surface area (Å²) in [4.78, 5) is 0. The normalized spacial score (nSPS) is 23.8. The first-order valence-corrected chi connectivity index (χ1v) is 4.35. The minimum atomic E-state index is -0.375. The second-order valence-corrected chi connectivity index (χ2v) is 3.29. The Balaban J connectivity index is 2.52. The quantitative estimate of drug-likeness (QED) is 0.392. The van der Waals surface area contributed by atoms with Crippen molar-refractivity contribution in [1.29, 1.82) is 0 Å². The van der Waals surface area contributed by atoms with Crippen LogP contribution >= 0.6 is 11.6 Å². The molecule has 1 aliphatic heterocycles. The molecular formula is C9H8ClNO2. The summed E-state index contributed by atoms with van der Waals surface area (Å²) in [5, 5.41) is 11.6. The van der Waals surface area contributed by atoms with Gasteiger partial charge >= 0.3 is 0 Å². The molecule has 3 nitrogen and oxygen atoms in total. The summed E-state index contributed by atoms with van der Waals surface area (Å²) in [6.45, 7) is 0.345. The van der Waals surface area contributed by atoms with E-state index in [2.05, 4.69) is 5.16 Å². The molecule has 4 heteroatoms. The molecule has 0 saturated heterocycles. The van der Waals surface area contributed by atoms with Crippen molar-refractivity contribution >= 4 is 17.3 Å². The first-order valence-electron chi connectivity index (χ1n) is 3.91. The number of rotatable bonds is 0. The van der Waals surface area contributed by atoms with E-state index in [-0.39, 0.29) is 5.38 Å². The fraction of sp³-hybridized carbons (Fsp3) is 0.222. The van der Waals surface area contributed by atoms with Gasteiger partial charge in [0.25, 0.3) is 0 Å². The van der Waals surface area contributed by atoms with Gasteiger partial charge in [0.15, 0.2) is 0 Å². The van der Waals surface area contributed by atoms with Crippen LogP contribution in [0.15, 0.2) is 29.4 Å². The third kappa shape index (κ3) is 1.35. The molecule has 1 aromatic carbocycles. The van der Waals surface area contributed by atoms with Gasteiger partial charge in [0, 0.05) is 5.56 Å². The summed E-state index contributed by atoms with van der Waals surface area (Å²) in [6.07, 6.45) is 0. The van der Waals surface area contributed by atoms with E-state index in [9.17, 15) is 0 Å². The van der Waals surface area contributed by atoms with Gasteiger partial charge in [0.1, 0.15) is 23.4 Å². The second-order valence-electron chi connectivity index (χ2n) is 2.76. The largest absolute Gasteiger partial charge is 0.491 e. The van der Waals surface area contributed by atoms with Crippen molar-refractivity contribution in [2.75, 3.05) is 6.61 Å². The number of alkyl halides is 1. The van der Waals surface area contributed by atoms with Gasteiger partial charge in [-0.3, -0.25) is 0 Å². The molecule has 0 spiro atoms. The fourth-order valence-electron chi connectivity index (χ4n) is 1.33. The van der Waals surface area contributed by atoms with Crippen molar-refractivity contribution in [3.8, 4) is 5.75 Å². The molecule has 1 unspecified atom stereocenters. The first-order chi connectivity index (χ1) is 6.33. The van der Waals surface area contributed by atoms with Crippen LogP contribution in [0.4, 0.5) is 0 Å². The molecule has 0 radical (unpaired) electrons. The predicted octanol–water partition coefficient (Wildman–Crippen LogP) is 1.86. The molecular weight excluding hydrogens is 190 g/mol. The zero-order chi connectivity index (χ0) is 9.26. The highest BCUT2D eigenvalue weighted by atomic mass is 35.5. The van der Waals surface area contributed by atoms with E-state index in [1.807, 2.05) is 24.3 Å². The van der Waals surface area contributed by atoms with Crippen molar-refractivity contribution in [3.05, 3.63) is 29.8 Å². The van der Waals surface area contributed by atoms with E-state index in [1.54, 1.807) is 0 Å². The van der Waals surface area contributed by atoms with Crippen LogP contribution in [0.3, 0.4) is 0 Å². The summed E-state index contributed by atoms with van der Waals surface area (Å²) in [5.41, 5.74) is 1.24. The Bertz CT molecular complexity index is 351. The van der Waals surface area contributed by atoms with Crippen LogP contribution < -0.4 is 4.74 Å². The summed E-state index contributed by atoms with van der Waals surface area (Å²) >= 11 is 5.89. The van der Waals surface area contributed by atoms with Crippen LogP contribution in [0.1, 0.15) is 5.56 Å². The van der Waals surface area contributed by atoms with E-state index in [0.717, 1.165) is 5.56 Å². The van der Waals surface area contributed by atoms with Crippen molar-refractivity contribution in [1.82, 2.24) is 0 Å². The molecule has 1 atom stereocenters. The average molecular weight is 198 g/mol. The Labute approximate surface area is 80.6 Å². The van der Waals surface area contributed by atoms with Gasteiger partial charge in [-0.2, -0.15) is 0 Å². The van der Waals surface area contributed by atoms with Crippen LogP contribution in [0.5, 0.6) is 5.75 Å². The summed E-state index contributed by atoms with van der Waals surface area (Å²) in [6, 6.07) is 7.35. The summed E-state index contributed by atoms with van der Waals surface area (Å²) < 4.78 is 5.34. The molecule has 13 heavy (non-hydrogen) atoms. The highest BCUT2D eigenvalue weighted by Crippen LogP contribution is 2.26. The van der Waals surface area contributed by atoms with E-state index in [4.69, 9.17) is 21.5 Å². The minimum Gasteiger partial charge on any atom is -0.491 e. The zero-order valence-electron chi connectivity index (χ0n) is 6.77. The molecule has 1 N–H and O–H groups in total. The number of benzene rings is 1. The van der Waals surface area contributed by atoms with Gasteiger partial charge in [-0.1, -0.05) is 17.3 Å². The Hall–Kier alpha value is -1.22. The van der Waals surface area contributed by atoms with Crippen molar-refractivity contribution in [2.45, 2.75) is 5.38 Å².